The Balaban J connectivity index is 1.76. The molecule has 0 saturated heterocycles. The zero-order valence-corrected chi connectivity index (χ0v) is 16.2. The molecule has 1 N–H and O–H groups in total. The van der Waals surface area contributed by atoms with Crippen LogP contribution in [-0.2, 0) is 22.6 Å². The average Bonchev–Trinajstić information content (AvgIpc) is 2.62. The molecule has 26 heavy (non-hydrogen) atoms. The summed E-state index contributed by atoms with van der Waals surface area (Å²) in [5, 5.41) is 4.21. The quantitative estimate of drug-likeness (QED) is 0.735. The molecule has 0 atom stereocenters. The number of rotatable bonds is 8. The second-order valence-corrected chi connectivity index (χ2v) is 6.91. The molecule has 0 aliphatic carbocycles. The number of nitrogens with one attached hydrogen (secondary N) is 1. The molecule has 0 radical (unpaired) electrons. The molecule has 6 heteroatoms. The summed E-state index contributed by atoms with van der Waals surface area (Å²) >= 11 is 11.7. The fraction of sp³-hybridized carbons (Fsp3) is 0.300. The molecule has 2 aromatic rings. The Hall–Kier alpha value is -2.04. The lowest BCUT2D eigenvalue weighted by Gasteiger charge is -2.21. The maximum absolute atomic E-state index is 12.0. The van der Waals surface area contributed by atoms with Gasteiger partial charge in [-0.1, -0.05) is 47.5 Å². The first-order valence-electron chi connectivity index (χ1n) is 8.45. The third-order valence-corrected chi connectivity index (χ3v) is 4.54. The van der Waals surface area contributed by atoms with Gasteiger partial charge in [0.25, 0.3) is 0 Å². The van der Waals surface area contributed by atoms with Crippen molar-refractivity contribution in [2.75, 3.05) is 13.1 Å². The molecule has 0 aliphatic rings. The Bertz CT molecular complexity index is 730. The van der Waals surface area contributed by atoms with E-state index in [0.29, 0.717) is 29.7 Å². The highest BCUT2D eigenvalue weighted by molar-refractivity contribution is 6.30. The first-order valence-corrected chi connectivity index (χ1v) is 9.21. The molecule has 2 amide bonds. The predicted molar refractivity (Wildman–Crippen MR) is 105 cm³/mol. The molecule has 0 heterocycles. The van der Waals surface area contributed by atoms with Gasteiger partial charge in [-0.05, 0) is 41.8 Å². The lowest BCUT2D eigenvalue weighted by molar-refractivity contribution is -0.129. The molecule has 0 aromatic heterocycles. The van der Waals surface area contributed by atoms with Gasteiger partial charge in [0.2, 0.25) is 11.8 Å². The van der Waals surface area contributed by atoms with E-state index < -0.39 is 0 Å². The third-order valence-electron chi connectivity index (χ3n) is 4.04. The summed E-state index contributed by atoms with van der Waals surface area (Å²) in [7, 11) is 0. The standard InChI is InChI=1S/C20H22Cl2N2O2/c1-15(25)24(12-10-16-2-6-18(21)7-3-16)13-11-20(26)23-14-17-4-8-19(22)9-5-17/h2-9H,10-14H2,1H3,(H,23,26). The Morgan fingerprint density at radius 3 is 1.96 bits per heavy atom. The van der Waals surface area contributed by atoms with E-state index >= 15 is 0 Å². The highest BCUT2D eigenvalue weighted by atomic mass is 35.5. The molecule has 0 aliphatic heterocycles. The Kier molecular flexibility index (Phi) is 7.95. The lowest BCUT2D eigenvalue weighted by atomic mass is 10.1. The van der Waals surface area contributed by atoms with E-state index in [1.165, 1.54) is 6.92 Å². The number of amides is 2. The lowest BCUT2D eigenvalue weighted by Crippen LogP contribution is -2.35. The maximum atomic E-state index is 12.0. The summed E-state index contributed by atoms with van der Waals surface area (Å²) < 4.78 is 0. The topological polar surface area (TPSA) is 49.4 Å². The first kappa shape index (κ1) is 20.3. The van der Waals surface area contributed by atoms with Gasteiger partial charge in [0.15, 0.2) is 0 Å². The maximum Gasteiger partial charge on any atom is 0.222 e. The van der Waals surface area contributed by atoms with Crippen LogP contribution in [0.3, 0.4) is 0 Å². The van der Waals surface area contributed by atoms with Crippen LogP contribution in [0.5, 0.6) is 0 Å². The molecule has 0 unspecified atom stereocenters. The van der Waals surface area contributed by atoms with Crippen LogP contribution in [0.2, 0.25) is 10.0 Å². The van der Waals surface area contributed by atoms with E-state index in [-0.39, 0.29) is 18.2 Å². The predicted octanol–water partition coefficient (Wildman–Crippen LogP) is 4.09. The first-order chi connectivity index (χ1) is 12.4. The van der Waals surface area contributed by atoms with Crippen molar-refractivity contribution in [1.82, 2.24) is 10.2 Å². The third kappa shape index (κ3) is 7.06. The van der Waals surface area contributed by atoms with Crippen LogP contribution in [0, 0.1) is 0 Å². The Morgan fingerprint density at radius 1 is 0.885 bits per heavy atom. The Labute approximate surface area is 164 Å². The van der Waals surface area contributed by atoms with Gasteiger partial charge in [-0.15, -0.1) is 0 Å². The van der Waals surface area contributed by atoms with Crippen molar-refractivity contribution >= 4 is 35.0 Å². The van der Waals surface area contributed by atoms with Crippen molar-refractivity contribution in [3.63, 3.8) is 0 Å². The van der Waals surface area contributed by atoms with Crippen molar-refractivity contribution in [3.8, 4) is 0 Å². The minimum absolute atomic E-state index is 0.0375. The van der Waals surface area contributed by atoms with Crippen molar-refractivity contribution in [3.05, 3.63) is 69.7 Å². The van der Waals surface area contributed by atoms with E-state index in [2.05, 4.69) is 5.32 Å². The van der Waals surface area contributed by atoms with Crippen LogP contribution in [0.1, 0.15) is 24.5 Å². The molecule has 138 valence electrons. The van der Waals surface area contributed by atoms with E-state index in [0.717, 1.165) is 17.5 Å². The van der Waals surface area contributed by atoms with Crippen molar-refractivity contribution in [2.24, 2.45) is 0 Å². The zero-order chi connectivity index (χ0) is 18.9. The molecule has 4 nitrogen and oxygen atoms in total. The van der Waals surface area contributed by atoms with Crippen LogP contribution in [0.15, 0.2) is 48.5 Å². The summed E-state index contributed by atoms with van der Waals surface area (Å²) in [6.07, 6.45) is 0.997. The minimum atomic E-state index is -0.0855. The molecule has 0 spiro atoms. The summed E-state index contributed by atoms with van der Waals surface area (Å²) in [4.78, 5) is 25.5. The van der Waals surface area contributed by atoms with Gasteiger partial charge in [0.05, 0.1) is 0 Å². The molecule has 0 bridgehead atoms. The Morgan fingerprint density at radius 2 is 1.42 bits per heavy atom. The molecule has 0 saturated carbocycles. The van der Waals surface area contributed by atoms with E-state index in [9.17, 15) is 9.59 Å². The summed E-state index contributed by atoms with van der Waals surface area (Å²) in [6, 6.07) is 14.9. The van der Waals surface area contributed by atoms with E-state index in [4.69, 9.17) is 23.2 Å². The molecular formula is C20H22Cl2N2O2. The number of halogens is 2. The average molecular weight is 393 g/mol. The SMILES string of the molecule is CC(=O)N(CCC(=O)NCc1ccc(Cl)cc1)CCc1ccc(Cl)cc1. The van der Waals surface area contributed by atoms with Gasteiger partial charge < -0.3 is 10.2 Å². The van der Waals surface area contributed by atoms with E-state index in [1.54, 1.807) is 17.0 Å². The van der Waals surface area contributed by atoms with Crippen molar-refractivity contribution in [2.45, 2.75) is 26.3 Å². The zero-order valence-electron chi connectivity index (χ0n) is 14.7. The van der Waals surface area contributed by atoms with Crippen LogP contribution >= 0.6 is 23.2 Å². The monoisotopic (exact) mass is 392 g/mol. The number of nitrogens with zero attached hydrogens (tertiary/aromatic N) is 1. The van der Waals surface area contributed by atoms with Crippen LogP contribution in [-0.4, -0.2) is 29.8 Å². The second kappa shape index (κ2) is 10.2. The minimum Gasteiger partial charge on any atom is -0.352 e. The van der Waals surface area contributed by atoms with E-state index in [1.807, 2.05) is 36.4 Å². The van der Waals surface area contributed by atoms with Crippen molar-refractivity contribution < 1.29 is 9.59 Å². The number of carbonyl (C=O) groups excluding carboxylic acids is 2. The fourth-order valence-electron chi connectivity index (χ4n) is 2.47. The van der Waals surface area contributed by atoms with Gasteiger partial charge in [-0.25, -0.2) is 0 Å². The summed E-state index contributed by atoms with van der Waals surface area (Å²) in [5.41, 5.74) is 2.08. The van der Waals surface area contributed by atoms with Crippen LogP contribution in [0.4, 0.5) is 0 Å². The molecule has 2 rings (SSSR count). The van der Waals surface area contributed by atoms with Crippen LogP contribution < -0.4 is 5.32 Å². The van der Waals surface area contributed by atoms with Gasteiger partial charge in [-0.3, -0.25) is 9.59 Å². The molecule has 0 fully saturated rings. The van der Waals surface area contributed by atoms with Gasteiger partial charge in [0, 0.05) is 43.0 Å². The number of hydrogen-bond acceptors (Lipinski definition) is 2. The molecular weight excluding hydrogens is 371 g/mol. The van der Waals surface area contributed by atoms with Crippen LogP contribution in [0.25, 0.3) is 0 Å². The van der Waals surface area contributed by atoms with Crippen molar-refractivity contribution in [1.29, 1.82) is 0 Å². The fourth-order valence-corrected chi connectivity index (χ4v) is 2.72. The van der Waals surface area contributed by atoms with Gasteiger partial charge >= 0.3 is 0 Å². The number of hydrogen-bond donors (Lipinski definition) is 1. The number of benzene rings is 2. The highest BCUT2D eigenvalue weighted by Crippen LogP contribution is 2.11. The largest absolute Gasteiger partial charge is 0.352 e. The van der Waals surface area contributed by atoms with Gasteiger partial charge in [0.1, 0.15) is 0 Å². The highest BCUT2D eigenvalue weighted by Gasteiger charge is 2.11. The summed E-state index contributed by atoms with van der Waals surface area (Å²) in [6.45, 7) is 2.94. The summed E-state index contributed by atoms with van der Waals surface area (Å²) in [5.74, 6) is -0.123. The molecule has 2 aromatic carbocycles. The number of carbonyl (C=O) groups is 2. The smallest absolute Gasteiger partial charge is 0.222 e. The normalized spacial score (nSPS) is 10.4. The second-order valence-electron chi connectivity index (χ2n) is 6.04. The van der Waals surface area contributed by atoms with Gasteiger partial charge in [-0.2, -0.15) is 0 Å².